The van der Waals surface area contributed by atoms with Crippen LogP contribution in [0.3, 0.4) is 0 Å². The van der Waals surface area contributed by atoms with E-state index in [1.165, 1.54) is 25.0 Å². The van der Waals surface area contributed by atoms with Gasteiger partial charge in [-0.1, -0.05) is 12.1 Å². The largest absolute Gasteiger partial charge is 0.416 e. The third kappa shape index (κ3) is 6.23. The SMILES string of the molecule is CN=C(NCC1(N2CCCC2)CCOCC1)NC(C)c1cccc(C(F)(F)F)c1.I. The number of aliphatic imine (C=N–C) groups is 1. The van der Waals surface area contributed by atoms with Crippen LogP contribution < -0.4 is 10.6 Å². The highest BCUT2D eigenvalue weighted by Crippen LogP contribution is 2.32. The van der Waals surface area contributed by atoms with Crippen molar-refractivity contribution in [3.05, 3.63) is 35.4 Å². The Morgan fingerprint density at radius 1 is 1.23 bits per heavy atom. The van der Waals surface area contributed by atoms with E-state index < -0.39 is 11.7 Å². The lowest BCUT2D eigenvalue weighted by Crippen LogP contribution is -2.58. The van der Waals surface area contributed by atoms with E-state index in [1.807, 2.05) is 6.92 Å². The van der Waals surface area contributed by atoms with Crippen molar-refractivity contribution in [3.8, 4) is 0 Å². The highest BCUT2D eigenvalue weighted by Gasteiger charge is 2.39. The molecule has 2 N–H and O–H groups in total. The Morgan fingerprint density at radius 2 is 1.90 bits per heavy atom. The summed E-state index contributed by atoms with van der Waals surface area (Å²) in [7, 11) is 1.68. The zero-order valence-electron chi connectivity index (χ0n) is 17.6. The first-order valence-electron chi connectivity index (χ1n) is 10.3. The van der Waals surface area contributed by atoms with E-state index in [0.717, 1.165) is 51.8 Å². The molecule has 1 aromatic carbocycles. The number of likely N-dealkylation sites (tertiary alicyclic amines) is 1. The molecule has 1 atom stereocenters. The molecule has 3 rings (SSSR count). The second-order valence-corrected chi connectivity index (χ2v) is 7.95. The zero-order chi connectivity index (χ0) is 20.9. The molecule has 0 aliphatic carbocycles. The molecule has 1 unspecified atom stereocenters. The standard InChI is InChI=1S/C21H31F3N4O.HI/c1-16(17-6-5-7-18(14-17)21(22,23)24)27-19(25-2)26-15-20(8-12-29-13-9-20)28-10-3-4-11-28;/h5-7,14,16H,3-4,8-13,15H2,1-2H3,(H2,25,26,27);1H. The topological polar surface area (TPSA) is 48.9 Å². The summed E-state index contributed by atoms with van der Waals surface area (Å²) in [6.45, 7) is 6.30. The molecule has 5 nitrogen and oxygen atoms in total. The van der Waals surface area contributed by atoms with E-state index in [2.05, 4.69) is 20.5 Å². The lowest BCUT2D eigenvalue weighted by molar-refractivity contribution is -0.137. The van der Waals surface area contributed by atoms with Crippen molar-refractivity contribution in [2.45, 2.75) is 50.4 Å². The summed E-state index contributed by atoms with van der Waals surface area (Å²) in [6.07, 6.45) is 0.0471. The van der Waals surface area contributed by atoms with Gasteiger partial charge in [0.1, 0.15) is 0 Å². The van der Waals surface area contributed by atoms with Gasteiger partial charge in [-0.15, -0.1) is 24.0 Å². The summed E-state index contributed by atoms with van der Waals surface area (Å²) in [5.74, 6) is 0.597. The number of rotatable bonds is 5. The molecule has 2 aliphatic heterocycles. The molecular weight excluding hydrogens is 508 g/mol. The molecule has 2 fully saturated rings. The van der Waals surface area contributed by atoms with Crippen LogP contribution in [0.15, 0.2) is 29.3 Å². The predicted octanol–water partition coefficient (Wildman–Crippen LogP) is 4.19. The van der Waals surface area contributed by atoms with Crippen molar-refractivity contribution in [2.24, 2.45) is 4.99 Å². The number of hydrogen-bond donors (Lipinski definition) is 2. The van der Waals surface area contributed by atoms with E-state index in [4.69, 9.17) is 4.74 Å². The maximum absolute atomic E-state index is 13.0. The second-order valence-electron chi connectivity index (χ2n) is 7.95. The third-order valence-electron chi connectivity index (χ3n) is 6.08. The van der Waals surface area contributed by atoms with Crippen LogP contribution in [0.5, 0.6) is 0 Å². The smallest absolute Gasteiger partial charge is 0.381 e. The molecule has 2 heterocycles. The van der Waals surface area contributed by atoms with Gasteiger partial charge in [-0.05, 0) is 63.4 Å². The van der Waals surface area contributed by atoms with E-state index >= 15 is 0 Å². The molecular formula is C21H32F3IN4O. The summed E-state index contributed by atoms with van der Waals surface area (Å²) in [6, 6.07) is 5.12. The van der Waals surface area contributed by atoms with E-state index in [0.29, 0.717) is 11.5 Å². The van der Waals surface area contributed by atoms with Gasteiger partial charge in [0.25, 0.3) is 0 Å². The van der Waals surface area contributed by atoms with Crippen molar-refractivity contribution in [1.29, 1.82) is 0 Å². The van der Waals surface area contributed by atoms with Gasteiger partial charge >= 0.3 is 6.18 Å². The number of ether oxygens (including phenoxy) is 1. The summed E-state index contributed by atoms with van der Waals surface area (Å²) in [4.78, 5) is 6.85. The fourth-order valence-electron chi connectivity index (χ4n) is 4.26. The van der Waals surface area contributed by atoms with Crippen LogP contribution in [0.2, 0.25) is 0 Å². The quantitative estimate of drug-likeness (QED) is 0.334. The molecule has 0 spiro atoms. The zero-order valence-corrected chi connectivity index (χ0v) is 19.9. The minimum atomic E-state index is -4.35. The Kier molecular flexibility index (Phi) is 9.23. The van der Waals surface area contributed by atoms with Crippen molar-refractivity contribution >= 4 is 29.9 Å². The van der Waals surface area contributed by atoms with Crippen LogP contribution in [0.4, 0.5) is 13.2 Å². The normalized spacial score (nSPS) is 21.0. The number of halogens is 4. The molecule has 30 heavy (non-hydrogen) atoms. The van der Waals surface area contributed by atoms with Crippen molar-refractivity contribution in [2.75, 3.05) is 39.9 Å². The van der Waals surface area contributed by atoms with Crippen LogP contribution in [-0.4, -0.2) is 56.3 Å². The first-order valence-corrected chi connectivity index (χ1v) is 10.3. The van der Waals surface area contributed by atoms with Gasteiger partial charge in [-0.3, -0.25) is 9.89 Å². The van der Waals surface area contributed by atoms with Crippen LogP contribution >= 0.6 is 24.0 Å². The number of hydrogen-bond acceptors (Lipinski definition) is 3. The highest BCUT2D eigenvalue weighted by molar-refractivity contribution is 14.0. The molecule has 9 heteroatoms. The Hall–Kier alpha value is -1.07. The first kappa shape index (κ1) is 25.2. The summed E-state index contributed by atoms with van der Waals surface area (Å²) in [5, 5.41) is 6.65. The van der Waals surface area contributed by atoms with E-state index in [9.17, 15) is 13.2 Å². The molecule has 1 aromatic rings. The van der Waals surface area contributed by atoms with Gasteiger partial charge in [0.2, 0.25) is 0 Å². The van der Waals surface area contributed by atoms with Gasteiger partial charge in [0.05, 0.1) is 11.6 Å². The summed E-state index contributed by atoms with van der Waals surface area (Å²) in [5.41, 5.74) is -0.0175. The minimum absolute atomic E-state index is 0. The number of nitrogens with zero attached hydrogens (tertiary/aromatic N) is 2. The Morgan fingerprint density at radius 3 is 2.50 bits per heavy atom. The fraction of sp³-hybridized carbons (Fsp3) is 0.667. The maximum atomic E-state index is 13.0. The lowest BCUT2D eigenvalue weighted by Gasteiger charge is -2.45. The molecule has 2 saturated heterocycles. The first-order chi connectivity index (χ1) is 13.8. The molecule has 170 valence electrons. The number of nitrogens with one attached hydrogen (secondary N) is 2. The minimum Gasteiger partial charge on any atom is -0.381 e. The highest BCUT2D eigenvalue weighted by atomic mass is 127. The van der Waals surface area contributed by atoms with Crippen LogP contribution in [0, 0.1) is 0 Å². The number of alkyl halides is 3. The van der Waals surface area contributed by atoms with Gasteiger partial charge in [0.15, 0.2) is 5.96 Å². The summed E-state index contributed by atoms with van der Waals surface area (Å²) < 4.78 is 44.6. The van der Waals surface area contributed by atoms with Gasteiger partial charge in [-0.2, -0.15) is 13.2 Å². The Labute approximate surface area is 193 Å². The van der Waals surface area contributed by atoms with Crippen LogP contribution in [0.1, 0.15) is 49.8 Å². The lowest BCUT2D eigenvalue weighted by atomic mass is 9.88. The number of benzene rings is 1. The maximum Gasteiger partial charge on any atom is 0.416 e. The fourth-order valence-corrected chi connectivity index (χ4v) is 4.26. The predicted molar refractivity (Wildman–Crippen MR) is 123 cm³/mol. The van der Waals surface area contributed by atoms with Gasteiger partial charge in [0, 0.05) is 32.3 Å². The van der Waals surface area contributed by atoms with E-state index in [1.54, 1.807) is 13.1 Å². The van der Waals surface area contributed by atoms with Gasteiger partial charge < -0.3 is 15.4 Å². The summed E-state index contributed by atoms with van der Waals surface area (Å²) >= 11 is 0. The molecule has 0 radical (unpaired) electrons. The average Bonchev–Trinajstić information content (AvgIpc) is 3.27. The molecule has 2 aliphatic rings. The Balaban J connectivity index is 0.00000320. The van der Waals surface area contributed by atoms with Crippen molar-refractivity contribution in [1.82, 2.24) is 15.5 Å². The van der Waals surface area contributed by atoms with Crippen LogP contribution in [-0.2, 0) is 10.9 Å². The monoisotopic (exact) mass is 540 g/mol. The molecule has 0 amide bonds. The number of guanidine groups is 1. The molecule has 0 bridgehead atoms. The molecule has 0 saturated carbocycles. The van der Waals surface area contributed by atoms with E-state index in [-0.39, 0.29) is 35.6 Å². The molecule has 0 aromatic heterocycles. The van der Waals surface area contributed by atoms with Gasteiger partial charge in [-0.25, -0.2) is 0 Å². The average molecular weight is 540 g/mol. The van der Waals surface area contributed by atoms with Crippen LogP contribution in [0.25, 0.3) is 0 Å². The third-order valence-corrected chi connectivity index (χ3v) is 6.08. The second kappa shape index (κ2) is 11.0. The van der Waals surface area contributed by atoms with Crippen molar-refractivity contribution < 1.29 is 17.9 Å². The Bertz CT molecular complexity index is 702. The van der Waals surface area contributed by atoms with Crippen molar-refractivity contribution in [3.63, 3.8) is 0 Å².